The predicted octanol–water partition coefficient (Wildman–Crippen LogP) is 5.85. The number of nitrogens with zero attached hydrogens (tertiary/aromatic N) is 2. The number of rotatable bonds is 3. The van der Waals surface area contributed by atoms with Gasteiger partial charge in [0.05, 0.1) is 11.7 Å². The molecule has 0 spiro atoms. The van der Waals surface area contributed by atoms with Gasteiger partial charge in [0.2, 0.25) is 0 Å². The number of alkyl carbamates (subject to hydrolysis) is 1. The molecule has 7 heteroatoms. The number of nitrogens with one attached hydrogen (secondary N) is 1. The molecule has 0 bridgehead atoms. The van der Waals surface area contributed by atoms with Crippen molar-refractivity contribution in [1.82, 2.24) is 15.1 Å². The fraction of sp³-hybridized carbons (Fsp3) is 0.565. The highest BCUT2D eigenvalue weighted by atomic mass is 35.5. The standard InChI is InChI=1S/C23H30ClN3O3/c1-23(2,3)30-22(28)26-17-9-7-15(8-10-17)18-12-16(24)13-20-19(18)14-25-27(20)21-6-4-5-11-29-21/h7,12-14,17,21H,4-6,8-11H2,1-3H3,(H,26,28). The summed E-state index contributed by atoms with van der Waals surface area (Å²) in [6, 6.07) is 4.07. The topological polar surface area (TPSA) is 65.4 Å². The molecule has 4 rings (SSSR count). The van der Waals surface area contributed by atoms with E-state index >= 15 is 0 Å². The Bertz CT molecular complexity index is 954. The predicted molar refractivity (Wildman–Crippen MR) is 119 cm³/mol. The molecule has 2 unspecified atom stereocenters. The highest BCUT2D eigenvalue weighted by Crippen LogP contribution is 2.36. The van der Waals surface area contributed by atoms with Crippen molar-refractivity contribution in [2.75, 3.05) is 6.61 Å². The van der Waals surface area contributed by atoms with Crippen molar-refractivity contribution in [3.8, 4) is 0 Å². The molecule has 6 nitrogen and oxygen atoms in total. The molecule has 162 valence electrons. The van der Waals surface area contributed by atoms with Crippen molar-refractivity contribution in [1.29, 1.82) is 0 Å². The maximum atomic E-state index is 12.1. The van der Waals surface area contributed by atoms with E-state index in [1.165, 1.54) is 5.57 Å². The zero-order chi connectivity index (χ0) is 21.3. The van der Waals surface area contributed by atoms with E-state index in [9.17, 15) is 4.79 Å². The first-order valence-corrected chi connectivity index (χ1v) is 11.2. The van der Waals surface area contributed by atoms with Crippen LogP contribution < -0.4 is 5.32 Å². The molecule has 1 amide bonds. The molecule has 1 saturated heterocycles. The lowest BCUT2D eigenvalue weighted by Gasteiger charge is -2.26. The number of hydrogen-bond acceptors (Lipinski definition) is 4. The Morgan fingerprint density at radius 2 is 2.13 bits per heavy atom. The molecule has 2 aliphatic rings. The van der Waals surface area contributed by atoms with Crippen LogP contribution in [0.1, 0.15) is 71.1 Å². The number of halogens is 1. The van der Waals surface area contributed by atoms with Crippen molar-refractivity contribution >= 4 is 34.2 Å². The first kappa shape index (κ1) is 21.2. The number of allylic oxidation sites excluding steroid dienone is 1. The van der Waals surface area contributed by atoms with Gasteiger partial charge in [0.1, 0.15) is 5.60 Å². The number of fused-ring (bicyclic) bond motifs is 1. The molecule has 2 heterocycles. The van der Waals surface area contributed by atoms with Crippen molar-refractivity contribution < 1.29 is 14.3 Å². The van der Waals surface area contributed by atoms with E-state index in [1.807, 2.05) is 43.8 Å². The Balaban J connectivity index is 1.53. The molecule has 0 radical (unpaired) electrons. The summed E-state index contributed by atoms with van der Waals surface area (Å²) in [5.74, 6) is 0. The third-order valence-corrected chi connectivity index (χ3v) is 5.81. The quantitative estimate of drug-likeness (QED) is 0.662. The average molecular weight is 432 g/mol. The first-order chi connectivity index (χ1) is 14.3. The number of ether oxygens (including phenoxy) is 2. The summed E-state index contributed by atoms with van der Waals surface area (Å²) in [5.41, 5.74) is 2.89. The summed E-state index contributed by atoms with van der Waals surface area (Å²) in [4.78, 5) is 12.1. The fourth-order valence-electron chi connectivity index (χ4n) is 4.21. The molecule has 1 N–H and O–H groups in total. The van der Waals surface area contributed by atoms with Crippen LogP contribution in [-0.2, 0) is 9.47 Å². The number of benzene rings is 1. The van der Waals surface area contributed by atoms with Crippen LogP contribution in [0.2, 0.25) is 5.02 Å². The third-order valence-electron chi connectivity index (χ3n) is 5.59. The first-order valence-electron chi connectivity index (χ1n) is 10.8. The molecular weight excluding hydrogens is 402 g/mol. The van der Waals surface area contributed by atoms with Gasteiger partial charge in [-0.15, -0.1) is 0 Å². The number of hydrogen-bond donors (Lipinski definition) is 1. The van der Waals surface area contributed by atoms with Crippen LogP contribution in [0.25, 0.3) is 16.5 Å². The van der Waals surface area contributed by atoms with Crippen molar-refractivity contribution in [3.05, 3.63) is 35.0 Å². The van der Waals surface area contributed by atoms with Crippen LogP contribution in [0.4, 0.5) is 4.79 Å². The lowest BCUT2D eigenvalue weighted by molar-refractivity contribution is -0.0366. The Morgan fingerprint density at radius 3 is 2.80 bits per heavy atom. The monoisotopic (exact) mass is 431 g/mol. The molecule has 1 aliphatic carbocycles. The Hall–Kier alpha value is -2.05. The van der Waals surface area contributed by atoms with Gasteiger partial charge in [-0.3, -0.25) is 0 Å². The summed E-state index contributed by atoms with van der Waals surface area (Å²) in [7, 11) is 0. The van der Waals surface area contributed by atoms with Gasteiger partial charge in [0.25, 0.3) is 0 Å². The summed E-state index contributed by atoms with van der Waals surface area (Å²) >= 11 is 6.49. The number of carbonyl (C=O) groups excluding carboxylic acids is 1. The van der Waals surface area contributed by atoms with E-state index < -0.39 is 5.60 Å². The minimum atomic E-state index is -0.492. The lowest BCUT2D eigenvalue weighted by atomic mass is 9.89. The van der Waals surface area contributed by atoms with Crippen LogP contribution >= 0.6 is 11.6 Å². The molecule has 1 aliphatic heterocycles. The Morgan fingerprint density at radius 1 is 1.30 bits per heavy atom. The van der Waals surface area contributed by atoms with E-state index in [2.05, 4.69) is 16.5 Å². The lowest BCUT2D eigenvalue weighted by Crippen LogP contribution is -2.39. The van der Waals surface area contributed by atoms with Gasteiger partial charge in [-0.1, -0.05) is 17.7 Å². The molecule has 2 aromatic rings. The SMILES string of the molecule is CC(C)(C)OC(=O)NC1CC=C(c2cc(Cl)cc3c2cnn3C2CCCCO2)CC1. The molecule has 0 saturated carbocycles. The fourth-order valence-corrected chi connectivity index (χ4v) is 4.42. The number of carbonyl (C=O) groups is 1. The highest BCUT2D eigenvalue weighted by Gasteiger charge is 2.24. The van der Waals surface area contributed by atoms with Crippen LogP contribution in [0.5, 0.6) is 0 Å². The molecule has 1 aromatic carbocycles. The second-order valence-corrected chi connectivity index (χ2v) is 9.58. The van der Waals surface area contributed by atoms with Crippen molar-refractivity contribution in [2.24, 2.45) is 0 Å². The van der Waals surface area contributed by atoms with Gasteiger partial charge in [-0.25, -0.2) is 9.48 Å². The van der Waals surface area contributed by atoms with Gasteiger partial charge >= 0.3 is 6.09 Å². The second-order valence-electron chi connectivity index (χ2n) is 9.14. The van der Waals surface area contributed by atoms with Crippen LogP contribution in [0.15, 0.2) is 24.4 Å². The number of amides is 1. The van der Waals surface area contributed by atoms with E-state index in [4.69, 9.17) is 21.1 Å². The molecule has 1 aromatic heterocycles. The molecule has 2 atom stereocenters. The van der Waals surface area contributed by atoms with E-state index in [1.54, 1.807) is 0 Å². The van der Waals surface area contributed by atoms with Crippen molar-refractivity contribution in [2.45, 2.75) is 77.2 Å². The van der Waals surface area contributed by atoms with Crippen LogP contribution in [-0.4, -0.2) is 34.1 Å². The second kappa shape index (κ2) is 8.60. The Kier molecular flexibility index (Phi) is 6.07. The minimum Gasteiger partial charge on any atom is -0.444 e. The van der Waals surface area contributed by atoms with Crippen molar-refractivity contribution in [3.63, 3.8) is 0 Å². The highest BCUT2D eigenvalue weighted by molar-refractivity contribution is 6.31. The van der Waals surface area contributed by atoms with Gasteiger partial charge in [-0.05, 0) is 82.6 Å². The van der Waals surface area contributed by atoms with Crippen LogP contribution in [0.3, 0.4) is 0 Å². The maximum Gasteiger partial charge on any atom is 0.407 e. The summed E-state index contributed by atoms with van der Waals surface area (Å²) in [6.07, 6.45) is 9.45. The van der Waals surface area contributed by atoms with Crippen LogP contribution in [0, 0.1) is 0 Å². The molecule has 1 fully saturated rings. The average Bonchev–Trinajstić information content (AvgIpc) is 3.11. The van der Waals surface area contributed by atoms with Gasteiger partial charge in [0.15, 0.2) is 6.23 Å². The molecular formula is C23H30ClN3O3. The maximum absolute atomic E-state index is 12.1. The minimum absolute atomic E-state index is 0.0229. The normalized spacial score (nSPS) is 22.6. The largest absolute Gasteiger partial charge is 0.444 e. The zero-order valence-electron chi connectivity index (χ0n) is 17.9. The van der Waals surface area contributed by atoms with E-state index in [0.717, 1.165) is 61.6 Å². The Labute approximate surface area is 182 Å². The summed E-state index contributed by atoms with van der Waals surface area (Å²) in [5, 5.41) is 9.41. The number of aromatic nitrogens is 2. The summed E-state index contributed by atoms with van der Waals surface area (Å²) in [6.45, 7) is 6.38. The van der Waals surface area contributed by atoms with Gasteiger partial charge in [-0.2, -0.15) is 5.10 Å². The van der Waals surface area contributed by atoms with Gasteiger partial charge in [0, 0.05) is 23.1 Å². The zero-order valence-corrected chi connectivity index (χ0v) is 18.7. The van der Waals surface area contributed by atoms with Gasteiger partial charge < -0.3 is 14.8 Å². The van der Waals surface area contributed by atoms with E-state index in [0.29, 0.717) is 5.02 Å². The smallest absolute Gasteiger partial charge is 0.407 e. The third kappa shape index (κ3) is 4.81. The van der Waals surface area contributed by atoms with E-state index in [-0.39, 0.29) is 18.4 Å². The summed E-state index contributed by atoms with van der Waals surface area (Å²) < 4.78 is 13.3. The molecule has 30 heavy (non-hydrogen) atoms.